The van der Waals surface area contributed by atoms with Crippen LogP contribution in [0.15, 0.2) is 18.2 Å². The van der Waals surface area contributed by atoms with Gasteiger partial charge in [0.2, 0.25) is 5.91 Å². The van der Waals surface area contributed by atoms with Crippen molar-refractivity contribution in [2.24, 2.45) is 5.73 Å². The molecule has 1 heterocycles. The van der Waals surface area contributed by atoms with E-state index in [1.807, 2.05) is 0 Å². The molecular weight excluding hydrogens is 321 g/mol. The van der Waals surface area contributed by atoms with Crippen LogP contribution in [0.3, 0.4) is 0 Å². The van der Waals surface area contributed by atoms with Crippen LogP contribution in [0.4, 0.5) is 4.39 Å². The van der Waals surface area contributed by atoms with E-state index in [2.05, 4.69) is 0 Å². The summed E-state index contributed by atoms with van der Waals surface area (Å²) >= 11 is 0. The Labute approximate surface area is 142 Å². The standard InChI is InChI=1S/C16H22FN3O2.ClH/c1-11-3-4-13(10-14(11)17)16(22)20-7-5-19(6-8-20)15(21)9-12(2)18;/h3-4,10,12H,5-9,18H2,1-2H3;1H. The molecule has 0 spiro atoms. The molecule has 1 aliphatic rings. The summed E-state index contributed by atoms with van der Waals surface area (Å²) in [6, 6.07) is 4.34. The normalized spacial score (nSPS) is 15.8. The highest BCUT2D eigenvalue weighted by Crippen LogP contribution is 2.13. The predicted octanol–water partition coefficient (Wildman–Crippen LogP) is 1.58. The lowest BCUT2D eigenvalue weighted by atomic mass is 10.1. The SMILES string of the molecule is Cc1ccc(C(=O)N2CCN(C(=O)CC(C)N)CC2)cc1F.Cl. The third kappa shape index (κ3) is 4.91. The molecule has 0 radical (unpaired) electrons. The smallest absolute Gasteiger partial charge is 0.254 e. The summed E-state index contributed by atoms with van der Waals surface area (Å²) in [4.78, 5) is 27.7. The Kier molecular flexibility index (Phi) is 6.97. The van der Waals surface area contributed by atoms with E-state index < -0.39 is 0 Å². The molecule has 0 bridgehead atoms. The minimum atomic E-state index is -0.378. The summed E-state index contributed by atoms with van der Waals surface area (Å²) in [7, 11) is 0. The maximum atomic E-state index is 13.6. The van der Waals surface area contributed by atoms with Crippen molar-refractivity contribution in [3.05, 3.63) is 35.1 Å². The number of nitrogens with two attached hydrogens (primary N) is 1. The van der Waals surface area contributed by atoms with E-state index in [9.17, 15) is 14.0 Å². The molecule has 0 aliphatic carbocycles. The molecule has 2 rings (SSSR count). The van der Waals surface area contributed by atoms with Gasteiger partial charge in [-0.15, -0.1) is 12.4 Å². The second-order valence-electron chi connectivity index (χ2n) is 5.82. The van der Waals surface area contributed by atoms with Crippen molar-refractivity contribution in [3.63, 3.8) is 0 Å². The molecule has 0 saturated carbocycles. The Bertz CT molecular complexity index is 572. The number of piperazine rings is 1. The highest BCUT2D eigenvalue weighted by molar-refractivity contribution is 5.94. The molecule has 1 unspecified atom stereocenters. The molecule has 2 N–H and O–H groups in total. The maximum absolute atomic E-state index is 13.6. The topological polar surface area (TPSA) is 66.6 Å². The van der Waals surface area contributed by atoms with Gasteiger partial charge >= 0.3 is 0 Å². The van der Waals surface area contributed by atoms with Gasteiger partial charge in [-0.3, -0.25) is 9.59 Å². The molecule has 7 heteroatoms. The zero-order valence-electron chi connectivity index (χ0n) is 13.4. The lowest BCUT2D eigenvalue weighted by Gasteiger charge is -2.35. The van der Waals surface area contributed by atoms with E-state index >= 15 is 0 Å². The van der Waals surface area contributed by atoms with Crippen LogP contribution in [0.1, 0.15) is 29.3 Å². The first-order valence-electron chi connectivity index (χ1n) is 7.47. The minimum absolute atomic E-state index is 0. The molecule has 5 nitrogen and oxygen atoms in total. The van der Waals surface area contributed by atoms with Gasteiger partial charge in [-0.25, -0.2) is 4.39 Å². The van der Waals surface area contributed by atoms with Crippen LogP contribution < -0.4 is 5.73 Å². The highest BCUT2D eigenvalue weighted by atomic mass is 35.5. The highest BCUT2D eigenvalue weighted by Gasteiger charge is 2.25. The molecule has 1 aromatic carbocycles. The summed E-state index contributed by atoms with van der Waals surface area (Å²) < 4.78 is 13.6. The fraction of sp³-hybridized carbons (Fsp3) is 0.500. The average Bonchev–Trinajstić information content (AvgIpc) is 2.49. The lowest BCUT2D eigenvalue weighted by Crippen LogP contribution is -2.51. The van der Waals surface area contributed by atoms with Crippen LogP contribution in [0, 0.1) is 12.7 Å². The number of hydrogen-bond acceptors (Lipinski definition) is 3. The Morgan fingerprint density at radius 2 is 1.78 bits per heavy atom. The predicted molar refractivity (Wildman–Crippen MR) is 89.1 cm³/mol. The van der Waals surface area contributed by atoms with E-state index in [4.69, 9.17) is 5.73 Å². The zero-order valence-corrected chi connectivity index (χ0v) is 14.2. The van der Waals surface area contributed by atoms with Crippen molar-refractivity contribution in [3.8, 4) is 0 Å². The van der Waals surface area contributed by atoms with Gasteiger partial charge in [0.05, 0.1) is 0 Å². The van der Waals surface area contributed by atoms with Crippen LogP contribution in [0.2, 0.25) is 0 Å². The molecule has 2 amide bonds. The fourth-order valence-corrected chi connectivity index (χ4v) is 2.47. The molecule has 1 saturated heterocycles. The molecule has 1 atom stereocenters. The van der Waals surface area contributed by atoms with Gasteiger partial charge < -0.3 is 15.5 Å². The second kappa shape index (κ2) is 8.26. The number of rotatable bonds is 3. The quantitative estimate of drug-likeness (QED) is 0.906. The second-order valence-corrected chi connectivity index (χ2v) is 5.82. The van der Waals surface area contributed by atoms with Crippen molar-refractivity contribution in [2.75, 3.05) is 26.2 Å². The Balaban J connectivity index is 0.00000264. The molecule has 1 aromatic rings. The van der Waals surface area contributed by atoms with E-state index in [1.165, 1.54) is 6.07 Å². The largest absolute Gasteiger partial charge is 0.339 e. The van der Waals surface area contributed by atoms with Crippen molar-refractivity contribution < 1.29 is 14.0 Å². The van der Waals surface area contributed by atoms with Crippen molar-refractivity contribution in [1.82, 2.24) is 9.80 Å². The van der Waals surface area contributed by atoms with Crippen LogP contribution in [-0.4, -0.2) is 53.8 Å². The molecule has 1 aliphatic heterocycles. The Hall–Kier alpha value is -1.66. The number of benzene rings is 1. The summed E-state index contributed by atoms with van der Waals surface area (Å²) in [5.41, 5.74) is 6.49. The van der Waals surface area contributed by atoms with E-state index in [0.29, 0.717) is 43.7 Å². The number of nitrogens with zero attached hydrogens (tertiary/aromatic N) is 2. The fourth-order valence-electron chi connectivity index (χ4n) is 2.47. The Morgan fingerprint density at radius 3 is 2.30 bits per heavy atom. The van der Waals surface area contributed by atoms with E-state index in [-0.39, 0.29) is 36.1 Å². The minimum Gasteiger partial charge on any atom is -0.339 e. The first kappa shape index (κ1) is 19.4. The molecule has 128 valence electrons. The summed E-state index contributed by atoms with van der Waals surface area (Å²) in [6.07, 6.45) is 0.317. The zero-order chi connectivity index (χ0) is 16.3. The van der Waals surface area contributed by atoms with E-state index in [1.54, 1.807) is 35.8 Å². The Morgan fingerprint density at radius 1 is 1.22 bits per heavy atom. The van der Waals surface area contributed by atoms with Gasteiger partial charge in [-0.2, -0.15) is 0 Å². The number of aryl methyl sites for hydroxylation is 1. The number of hydrogen-bond donors (Lipinski definition) is 1. The van der Waals surface area contributed by atoms with Gasteiger partial charge in [0.1, 0.15) is 5.82 Å². The van der Waals surface area contributed by atoms with Crippen LogP contribution in [0.5, 0.6) is 0 Å². The summed E-state index contributed by atoms with van der Waals surface area (Å²) in [6.45, 7) is 5.35. The number of carbonyl (C=O) groups excluding carboxylic acids is 2. The number of halogens is 2. The van der Waals surface area contributed by atoms with Crippen LogP contribution >= 0.6 is 12.4 Å². The van der Waals surface area contributed by atoms with Gasteiger partial charge in [-0.1, -0.05) is 6.07 Å². The third-order valence-electron chi connectivity index (χ3n) is 3.83. The van der Waals surface area contributed by atoms with Crippen LogP contribution in [0.25, 0.3) is 0 Å². The number of amides is 2. The van der Waals surface area contributed by atoms with Gasteiger partial charge in [0.25, 0.3) is 5.91 Å². The number of carbonyl (C=O) groups is 2. The maximum Gasteiger partial charge on any atom is 0.254 e. The average molecular weight is 344 g/mol. The third-order valence-corrected chi connectivity index (χ3v) is 3.83. The summed E-state index contributed by atoms with van der Waals surface area (Å²) in [5.74, 6) is -0.557. The first-order chi connectivity index (χ1) is 10.4. The van der Waals surface area contributed by atoms with Gasteiger partial charge in [-0.05, 0) is 31.5 Å². The molecule has 1 fully saturated rings. The van der Waals surface area contributed by atoms with E-state index in [0.717, 1.165) is 0 Å². The van der Waals surface area contributed by atoms with Gasteiger partial charge in [0, 0.05) is 44.2 Å². The lowest BCUT2D eigenvalue weighted by molar-refractivity contribution is -0.132. The van der Waals surface area contributed by atoms with Crippen molar-refractivity contribution in [2.45, 2.75) is 26.3 Å². The molecule has 0 aromatic heterocycles. The monoisotopic (exact) mass is 343 g/mol. The molecule has 23 heavy (non-hydrogen) atoms. The first-order valence-corrected chi connectivity index (χ1v) is 7.47. The van der Waals surface area contributed by atoms with Crippen molar-refractivity contribution in [1.29, 1.82) is 0 Å². The summed E-state index contributed by atoms with van der Waals surface area (Å²) in [5, 5.41) is 0. The van der Waals surface area contributed by atoms with Crippen LogP contribution in [-0.2, 0) is 4.79 Å². The van der Waals surface area contributed by atoms with Crippen molar-refractivity contribution >= 4 is 24.2 Å². The molecular formula is C16H23ClFN3O2. The van der Waals surface area contributed by atoms with Gasteiger partial charge in [0.15, 0.2) is 0 Å².